The summed E-state index contributed by atoms with van der Waals surface area (Å²) in [6.45, 7) is 0. The van der Waals surface area contributed by atoms with Crippen LogP contribution in [-0.2, 0) is 0 Å². The lowest BCUT2D eigenvalue weighted by molar-refractivity contribution is 0.102. The molecule has 0 saturated heterocycles. The van der Waals surface area contributed by atoms with Gasteiger partial charge >= 0.3 is 0 Å². The van der Waals surface area contributed by atoms with E-state index in [1.807, 2.05) is 46.9 Å². The Balaban J connectivity index is 1.58. The number of carbonyl (C=O) groups excluding carboxylic acids is 1. The van der Waals surface area contributed by atoms with Crippen LogP contribution in [0.5, 0.6) is 17.2 Å². The van der Waals surface area contributed by atoms with Crippen LogP contribution in [0.1, 0.15) is 10.4 Å². The molecule has 0 aliphatic carbocycles. The Hall–Kier alpha value is -1.75. The Labute approximate surface area is 215 Å². The van der Waals surface area contributed by atoms with E-state index in [4.69, 9.17) is 27.9 Å². The van der Waals surface area contributed by atoms with Gasteiger partial charge in [-0.15, -0.1) is 0 Å². The number of ether oxygens (including phenoxy) is 1. The summed E-state index contributed by atoms with van der Waals surface area (Å²) in [5.41, 5.74) is 0.678. The first-order chi connectivity index (χ1) is 14.8. The van der Waals surface area contributed by atoms with E-state index >= 15 is 0 Å². The number of halogens is 4. The molecule has 0 aliphatic rings. The lowest BCUT2D eigenvalue weighted by atomic mass is 10.1. The molecule has 0 saturated carbocycles. The fourth-order valence-corrected chi connectivity index (χ4v) is 5.33. The quantitative estimate of drug-likeness (QED) is 0.215. The minimum absolute atomic E-state index is 0.0563. The predicted octanol–water partition coefficient (Wildman–Crippen LogP) is 8.11. The SMILES string of the molecule is O=C(Nc1ccc(Oc2ccc(Cl)c3ccccc23)c(Cl)c1)c1cc(I)cc(I)c1O. The number of aromatic hydroxyl groups is 1. The number of benzene rings is 4. The van der Waals surface area contributed by atoms with Gasteiger partial charge in [-0.05, 0) is 87.6 Å². The van der Waals surface area contributed by atoms with Crippen LogP contribution < -0.4 is 10.1 Å². The topological polar surface area (TPSA) is 58.6 Å². The maximum atomic E-state index is 12.6. The molecule has 1 amide bonds. The number of phenolic OH excluding ortho intramolecular Hbond substituents is 1. The van der Waals surface area contributed by atoms with Crippen LogP contribution in [-0.4, -0.2) is 11.0 Å². The highest BCUT2D eigenvalue weighted by Gasteiger charge is 2.16. The van der Waals surface area contributed by atoms with Crippen LogP contribution in [0, 0.1) is 7.14 Å². The predicted molar refractivity (Wildman–Crippen MR) is 142 cm³/mol. The van der Waals surface area contributed by atoms with Gasteiger partial charge in [-0.3, -0.25) is 4.79 Å². The van der Waals surface area contributed by atoms with E-state index in [1.165, 1.54) is 0 Å². The molecule has 4 nitrogen and oxygen atoms in total. The van der Waals surface area contributed by atoms with Gasteiger partial charge in [-0.1, -0.05) is 47.5 Å². The lowest BCUT2D eigenvalue weighted by Crippen LogP contribution is -2.12. The Bertz CT molecular complexity index is 1330. The van der Waals surface area contributed by atoms with E-state index in [0.29, 0.717) is 30.8 Å². The van der Waals surface area contributed by atoms with Crippen LogP contribution in [0.2, 0.25) is 10.0 Å². The molecule has 8 heteroatoms. The average molecular weight is 676 g/mol. The van der Waals surface area contributed by atoms with Crippen LogP contribution in [0.25, 0.3) is 10.8 Å². The minimum atomic E-state index is -0.428. The number of carbonyl (C=O) groups is 1. The van der Waals surface area contributed by atoms with E-state index in [2.05, 4.69) is 27.9 Å². The molecule has 0 spiro atoms. The molecule has 4 rings (SSSR count). The summed E-state index contributed by atoms with van der Waals surface area (Å²) in [5, 5.41) is 15.7. The molecule has 0 unspecified atom stereocenters. The summed E-state index contributed by atoms with van der Waals surface area (Å²) in [6.07, 6.45) is 0. The zero-order valence-corrected chi connectivity index (χ0v) is 21.5. The molecule has 0 heterocycles. The van der Waals surface area contributed by atoms with E-state index in [0.717, 1.165) is 14.3 Å². The summed E-state index contributed by atoms with van der Waals surface area (Å²) < 4.78 is 7.48. The smallest absolute Gasteiger partial charge is 0.259 e. The lowest BCUT2D eigenvalue weighted by Gasteiger charge is -2.13. The van der Waals surface area contributed by atoms with Crippen molar-refractivity contribution in [2.45, 2.75) is 0 Å². The number of nitrogens with one attached hydrogen (secondary N) is 1. The number of phenols is 1. The Morgan fingerprint density at radius 2 is 1.58 bits per heavy atom. The van der Waals surface area contributed by atoms with Gasteiger partial charge in [0.25, 0.3) is 5.91 Å². The van der Waals surface area contributed by atoms with Gasteiger partial charge in [0.15, 0.2) is 0 Å². The number of fused-ring (bicyclic) bond motifs is 1. The Morgan fingerprint density at radius 1 is 0.871 bits per heavy atom. The van der Waals surface area contributed by atoms with Crippen molar-refractivity contribution in [1.29, 1.82) is 0 Å². The molecule has 2 N–H and O–H groups in total. The molecule has 0 radical (unpaired) electrons. The fraction of sp³-hybridized carbons (Fsp3) is 0. The zero-order chi connectivity index (χ0) is 22.1. The Morgan fingerprint density at radius 3 is 2.32 bits per heavy atom. The maximum absolute atomic E-state index is 12.6. The summed E-state index contributed by atoms with van der Waals surface area (Å²) in [6, 6.07) is 19.6. The molecule has 0 atom stereocenters. The highest BCUT2D eigenvalue weighted by Crippen LogP contribution is 2.37. The number of rotatable bonds is 4. The summed E-state index contributed by atoms with van der Waals surface area (Å²) in [4.78, 5) is 12.6. The zero-order valence-electron chi connectivity index (χ0n) is 15.6. The normalized spacial score (nSPS) is 10.8. The minimum Gasteiger partial charge on any atom is -0.506 e. The van der Waals surface area contributed by atoms with Crippen LogP contribution >= 0.6 is 68.4 Å². The Kier molecular flexibility index (Phi) is 6.80. The summed E-state index contributed by atoms with van der Waals surface area (Å²) in [7, 11) is 0. The van der Waals surface area contributed by atoms with Gasteiger partial charge in [0, 0.05) is 25.1 Å². The van der Waals surface area contributed by atoms with Crippen LogP contribution in [0.3, 0.4) is 0 Å². The molecule has 4 aromatic rings. The number of hydrogen-bond acceptors (Lipinski definition) is 3. The third-order valence-electron chi connectivity index (χ3n) is 4.51. The highest BCUT2D eigenvalue weighted by molar-refractivity contribution is 14.1. The van der Waals surface area contributed by atoms with Gasteiger partial charge < -0.3 is 15.2 Å². The van der Waals surface area contributed by atoms with Crippen molar-refractivity contribution in [3.63, 3.8) is 0 Å². The molecular formula is C23H13Cl2I2NO3. The second-order valence-electron chi connectivity index (χ2n) is 6.58. The maximum Gasteiger partial charge on any atom is 0.259 e. The van der Waals surface area contributed by atoms with Gasteiger partial charge in [-0.25, -0.2) is 0 Å². The van der Waals surface area contributed by atoms with E-state index in [9.17, 15) is 9.90 Å². The van der Waals surface area contributed by atoms with E-state index in [1.54, 1.807) is 42.5 Å². The van der Waals surface area contributed by atoms with Crippen molar-refractivity contribution in [2.75, 3.05) is 5.32 Å². The average Bonchev–Trinajstić information content (AvgIpc) is 2.74. The second kappa shape index (κ2) is 9.40. The first kappa shape index (κ1) is 22.4. The summed E-state index contributed by atoms with van der Waals surface area (Å²) >= 11 is 16.8. The molecule has 156 valence electrons. The summed E-state index contributed by atoms with van der Waals surface area (Å²) in [5.74, 6) is 0.581. The van der Waals surface area contributed by atoms with Crippen LogP contribution in [0.15, 0.2) is 66.7 Å². The van der Waals surface area contributed by atoms with Crippen molar-refractivity contribution < 1.29 is 14.6 Å². The first-order valence-electron chi connectivity index (χ1n) is 8.97. The van der Waals surface area contributed by atoms with Crippen molar-refractivity contribution in [3.8, 4) is 17.2 Å². The molecule has 4 aromatic carbocycles. The van der Waals surface area contributed by atoms with E-state index < -0.39 is 5.91 Å². The number of anilines is 1. The van der Waals surface area contributed by atoms with Crippen molar-refractivity contribution in [3.05, 3.63) is 89.5 Å². The molecule has 0 aliphatic heterocycles. The standard InChI is InChI=1S/C23H13Cl2I2NO3/c24-17-6-8-20(15-4-2-1-3-14(15)17)31-21-7-5-13(11-18(21)25)28-23(30)16-9-12(26)10-19(27)22(16)29/h1-11,29H,(H,28,30). The van der Waals surface area contributed by atoms with Crippen molar-refractivity contribution in [2.24, 2.45) is 0 Å². The third-order valence-corrected chi connectivity index (χ3v) is 6.58. The largest absolute Gasteiger partial charge is 0.506 e. The van der Waals surface area contributed by atoms with Gasteiger partial charge in [0.05, 0.1) is 14.2 Å². The third kappa shape index (κ3) is 4.87. The number of amides is 1. The van der Waals surface area contributed by atoms with Gasteiger partial charge in [0.1, 0.15) is 17.2 Å². The van der Waals surface area contributed by atoms with Gasteiger partial charge in [0.2, 0.25) is 0 Å². The first-order valence-corrected chi connectivity index (χ1v) is 11.9. The molecule has 0 bridgehead atoms. The highest BCUT2D eigenvalue weighted by atomic mass is 127. The second-order valence-corrected chi connectivity index (χ2v) is 9.80. The van der Waals surface area contributed by atoms with Gasteiger partial charge in [-0.2, -0.15) is 0 Å². The molecule has 0 fully saturated rings. The van der Waals surface area contributed by atoms with Crippen molar-refractivity contribution in [1.82, 2.24) is 0 Å². The molecular weight excluding hydrogens is 663 g/mol. The fourth-order valence-electron chi connectivity index (χ4n) is 3.04. The molecule has 31 heavy (non-hydrogen) atoms. The number of hydrogen-bond donors (Lipinski definition) is 2. The molecule has 0 aromatic heterocycles. The van der Waals surface area contributed by atoms with Crippen LogP contribution in [0.4, 0.5) is 5.69 Å². The monoisotopic (exact) mass is 675 g/mol. The van der Waals surface area contributed by atoms with Crippen molar-refractivity contribution >= 4 is 90.8 Å². The van der Waals surface area contributed by atoms with E-state index in [-0.39, 0.29) is 11.3 Å².